The van der Waals surface area contributed by atoms with E-state index in [9.17, 15) is 9.59 Å². The molecule has 0 aliphatic rings. The van der Waals surface area contributed by atoms with Gasteiger partial charge in [0.1, 0.15) is 16.5 Å². The number of nitrogens with zero attached hydrogens (tertiary/aromatic N) is 2. The molecule has 6 nitrogen and oxygen atoms in total. The average Bonchev–Trinajstić information content (AvgIpc) is 3.03. The standard InChI is InChI=1S/C16H18N2O4S/c1-18(9-3-4-14(19)20)16(21)13-10-23-15(17-13)11-5-7-12(22-2)8-6-11/h5-8,10H,3-4,9H2,1-2H3,(H,19,20). The van der Waals surface area contributed by atoms with Crippen LogP contribution in [-0.2, 0) is 4.79 Å². The third-order valence-corrected chi connectivity index (χ3v) is 4.18. The van der Waals surface area contributed by atoms with Gasteiger partial charge in [-0.3, -0.25) is 9.59 Å². The van der Waals surface area contributed by atoms with Crippen LogP contribution in [0.15, 0.2) is 29.6 Å². The van der Waals surface area contributed by atoms with Gasteiger partial charge in [-0.05, 0) is 30.7 Å². The van der Waals surface area contributed by atoms with Crippen molar-refractivity contribution >= 4 is 23.2 Å². The van der Waals surface area contributed by atoms with E-state index in [0.717, 1.165) is 16.3 Å². The smallest absolute Gasteiger partial charge is 0.303 e. The lowest BCUT2D eigenvalue weighted by atomic mass is 10.2. The molecule has 1 N–H and O–H groups in total. The maximum Gasteiger partial charge on any atom is 0.303 e. The number of carbonyl (C=O) groups excluding carboxylic acids is 1. The predicted octanol–water partition coefficient (Wildman–Crippen LogP) is 2.76. The summed E-state index contributed by atoms with van der Waals surface area (Å²) in [5.74, 6) is -0.299. The maximum atomic E-state index is 12.3. The van der Waals surface area contributed by atoms with Crippen LogP contribution in [0.25, 0.3) is 10.6 Å². The zero-order chi connectivity index (χ0) is 16.8. The Morgan fingerprint density at radius 3 is 2.61 bits per heavy atom. The second-order valence-electron chi connectivity index (χ2n) is 4.99. The molecule has 1 aromatic heterocycles. The van der Waals surface area contributed by atoms with E-state index >= 15 is 0 Å². The van der Waals surface area contributed by atoms with Crippen LogP contribution >= 0.6 is 11.3 Å². The molecular formula is C16H18N2O4S. The third kappa shape index (κ3) is 4.53. The normalized spacial score (nSPS) is 10.3. The second kappa shape index (κ2) is 7.73. The van der Waals surface area contributed by atoms with E-state index in [0.29, 0.717) is 18.7 Å². The van der Waals surface area contributed by atoms with Crippen molar-refractivity contribution in [3.63, 3.8) is 0 Å². The highest BCUT2D eigenvalue weighted by Crippen LogP contribution is 2.26. The average molecular weight is 334 g/mol. The summed E-state index contributed by atoms with van der Waals surface area (Å²) >= 11 is 1.40. The minimum Gasteiger partial charge on any atom is -0.497 e. The van der Waals surface area contributed by atoms with Gasteiger partial charge in [-0.2, -0.15) is 0 Å². The fraction of sp³-hybridized carbons (Fsp3) is 0.312. The summed E-state index contributed by atoms with van der Waals surface area (Å²) in [4.78, 5) is 28.6. The van der Waals surface area contributed by atoms with E-state index in [1.807, 2.05) is 24.3 Å². The Labute approximate surface area is 138 Å². The molecule has 23 heavy (non-hydrogen) atoms. The Kier molecular flexibility index (Phi) is 5.70. The van der Waals surface area contributed by atoms with Gasteiger partial charge in [0, 0.05) is 31.0 Å². The van der Waals surface area contributed by atoms with Crippen LogP contribution < -0.4 is 4.74 Å². The molecule has 0 aliphatic carbocycles. The van der Waals surface area contributed by atoms with E-state index in [1.54, 1.807) is 19.5 Å². The number of aromatic nitrogens is 1. The number of carboxylic acids is 1. The number of carbonyl (C=O) groups is 2. The first-order chi connectivity index (χ1) is 11.0. The fourth-order valence-electron chi connectivity index (χ4n) is 2.00. The van der Waals surface area contributed by atoms with E-state index in [2.05, 4.69) is 4.98 Å². The summed E-state index contributed by atoms with van der Waals surface area (Å²) in [7, 11) is 3.26. The molecule has 1 heterocycles. The largest absolute Gasteiger partial charge is 0.497 e. The predicted molar refractivity (Wildman–Crippen MR) is 87.9 cm³/mol. The minimum atomic E-state index is -0.860. The number of hydrogen-bond donors (Lipinski definition) is 1. The van der Waals surface area contributed by atoms with Crippen LogP contribution in [-0.4, -0.2) is 47.6 Å². The first-order valence-electron chi connectivity index (χ1n) is 7.08. The van der Waals surface area contributed by atoms with E-state index in [4.69, 9.17) is 9.84 Å². The van der Waals surface area contributed by atoms with Gasteiger partial charge in [0.15, 0.2) is 0 Å². The van der Waals surface area contributed by atoms with Gasteiger partial charge in [0.2, 0.25) is 0 Å². The molecule has 122 valence electrons. The highest BCUT2D eigenvalue weighted by molar-refractivity contribution is 7.13. The van der Waals surface area contributed by atoms with Crippen molar-refractivity contribution in [2.75, 3.05) is 20.7 Å². The molecule has 0 radical (unpaired) electrons. The molecule has 0 fully saturated rings. The van der Waals surface area contributed by atoms with Crippen molar-refractivity contribution < 1.29 is 19.4 Å². The SMILES string of the molecule is COc1ccc(-c2nc(C(=O)N(C)CCCC(=O)O)cs2)cc1. The number of methoxy groups -OCH3 is 1. The molecule has 0 saturated heterocycles. The highest BCUT2D eigenvalue weighted by atomic mass is 32.1. The molecule has 0 bridgehead atoms. The number of ether oxygens (including phenoxy) is 1. The summed E-state index contributed by atoms with van der Waals surface area (Å²) < 4.78 is 5.11. The number of thiazole rings is 1. The van der Waals surface area contributed by atoms with Crippen molar-refractivity contribution in [3.05, 3.63) is 35.3 Å². The van der Waals surface area contributed by atoms with Crippen molar-refractivity contribution in [1.82, 2.24) is 9.88 Å². The number of benzene rings is 1. The van der Waals surface area contributed by atoms with Crippen LogP contribution in [0.2, 0.25) is 0 Å². The number of aliphatic carboxylic acids is 1. The number of carboxylic acid groups (broad SMARTS) is 1. The Morgan fingerprint density at radius 2 is 2.00 bits per heavy atom. The lowest BCUT2D eigenvalue weighted by molar-refractivity contribution is -0.137. The van der Waals surface area contributed by atoms with Crippen molar-refractivity contribution in [1.29, 1.82) is 0 Å². The van der Waals surface area contributed by atoms with Gasteiger partial charge in [0.25, 0.3) is 5.91 Å². The summed E-state index contributed by atoms with van der Waals surface area (Å²) in [5.41, 5.74) is 1.29. The van der Waals surface area contributed by atoms with Crippen LogP contribution in [0, 0.1) is 0 Å². The Hall–Kier alpha value is -2.41. The number of rotatable bonds is 7. The summed E-state index contributed by atoms with van der Waals surface area (Å²) in [6, 6.07) is 7.47. The Morgan fingerprint density at radius 1 is 1.30 bits per heavy atom. The molecular weight excluding hydrogens is 316 g/mol. The fourth-order valence-corrected chi connectivity index (χ4v) is 2.80. The van der Waals surface area contributed by atoms with Gasteiger partial charge in [0.05, 0.1) is 7.11 Å². The zero-order valence-electron chi connectivity index (χ0n) is 13.0. The maximum absolute atomic E-state index is 12.3. The number of amides is 1. The molecule has 0 aliphatic heterocycles. The van der Waals surface area contributed by atoms with Crippen molar-refractivity contribution in [2.24, 2.45) is 0 Å². The van der Waals surface area contributed by atoms with Gasteiger partial charge in [-0.15, -0.1) is 11.3 Å². The molecule has 1 amide bonds. The molecule has 7 heteroatoms. The van der Waals surface area contributed by atoms with Crippen LogP contribution in [0.3, 0.4) is 0 Å². The Balaban J connectivity index is 2.02. The minimum absolute atomic E-state index is 0.0474. The monoisotopic (exact) mass is 334 g/mol. The summed E-state index contributed by atoms with van der Waals surface area (Å²) in [5, 5.41) is 11.1. The molecule has 0 saturated carbocycles. The van der Waals surface area contributed by atoms with Gasteiger partial charge >= 0.3 is 5.97 Å². The quantitative estimate of drug-likeness (QED) is 0.842. The van der Waals surface area contributed by atoms with Gasteiger partial charge in [-0.25, -0.2) is 4.98 Å². The summed E-state index contributed by atoms with van der Waals surface area (Å²) in [6.45, 7) is 0.389. The molecule has 0 spiro atoms. The summed E-state index contributed by atoms with van der Waals surface area (Å²) in [6.07, 6.45) is 0.471. The molecule has 0 atom stereocenters. The van der Waals surface area contributed by atoms with Gasteiger partial charge < -0.3 is 14.7 Å². The molecule has 1 aromatic carbocycles. The van der Waals surface area contributed by atoms with Crippen LogP contribution in [0.1, 0.15) is 23.3 Å². The van der Waals surface area contributed by atoms with E-state index in [1.165, 1.54) is 16.2 Å². The van der Waals surface area contributed by atoms with Crippen LogP contribution in [0.4, 0.5) is 0 Å². The van der Waals surface area contributed by atoms with Crippen LogP contribution in [0.5, 0.6) is 5.75 Å². The van der Waals surface area contributed by atoms with Gasteiger partial charge in [-0.1, -0.05) is 0 Å². The third-order valence-electron chi connectivity index (χ3n) is 3.29. The van der Waals surface area contributed by atoms with E-state index in [-0.39, 0.29) is 12.3 Å². The lowest BCUT2D eigenvalue weighted by Crippen LogP contribution is -2.28. The van der Waals surface area contributed by atoms with Crippen molar-refractivity contribution in [2.45, 2.75) is 12.8 Å². The van der Waals surface area contributed by atoms with E-state index < -0.39 is 5.97 Å². The second-order valence-corrected chi connectivity index (χ2v) is 5.85. The van der Waals surface area contributed by atoms with Crippen molar-refractivity contribution in [3.8, 4) is 16.3 Å². The molecule has 2 aromatic rings. The first kappa shape index (κ1) is 17.0. The first-order valence-corrected chi connectivity index (χ1v) is 7.96. The number of hydrogen-bond acceptors (Lipinski definition) is 5. The molecule has 2 rings (SSSR count). The zero-order valence-corrected chi connectivity index (χ0v) is 13.8. The lowest BCUT2D eigenvalue weighted by Gasteiger charge is -2.14. The molecule has 0 unspecified atom stereocenters. The highest BCUT2D eigenvalue weighted by Gasteiger charge is 2.16. The topological polar surface area (TPSA) is 79.7 Å². The Bertz CT molecular complexity index is 682.